The van der Waals surface area contributed by atoms with Gasteiger partial charge in [0.05, 0.1) is 16.8 Å². The van der Waals surface area contributed by atoms with E-state index in [0.717, 1.165) is 31.5 Å². The maximum atomic E-state index is 11.5. The molecule has 1 aliphatic rings. The molecular formula is C21H25N7O. The number of nitrogen functional groups attached to an aromatic ring is 1. The van der Waals surface area contributed by atoms with Gasteiger partial charge in [0.1, 0.15) is 5.82 Å². The minimum Gasteiger partial charge on any atom is -0.383 e. The Kier molecular flexibility index (Phi) is 5.26. The molecule has 8 heteroatoms. The second-order valence-corrected chi connectivity index (χ2v) is 7.45. The van der Waals surface area contributed by atoms with Gasteiger partial charge in [0.2, 0.25) is 11.9 Å². The van der Waals surface area contributed by atoms with Gasteiger partial charge in [0.15, 0.2) is 5.65 Å². The van der Waals surface area contributed by atoms with Gasteiger partial charge in [-0.2, -0.15) is 9.97 Å². The zero-order chi connectivity index (χ0) is 20.4. The number of carbonyl (C=O) groups is 1. The number of para-hydroxylation sites is 1. The van der Waals surface area contributed by atoms with Crippen molar-refractivity contribution in [3.05, 3.63) is 36.4 Å². The van der Waals surface area contributed by atoms with Crippen molar-refractivity contribution in [1.29, 1.82) is 0 Å². The Morgan fingerprint density at radius 3 is 2.62 bits per heavy atom. The molecular weight excluding hydrogens is 366 g/mol. The van der Waals surface area contributed by atoms with Crippen molar-refractivity contribution in [3.8, 4) is 11.3 Å². The normalized spacial score (nSPS) is 15.4. The van der Waals surface area contributed by atoms with E-state index in [1.807, 2.05) is 36.4 Å². The van der Waals surface area contributed by atoms with Crippen molar-refractivity contribution in [3.63, 3.8) is 0 Å². The lowest BCUT2D eigenvalue weighted by atomic mass is 10.1. The number of nitrogens with zero attached hydrogens (tertiary/aromatic N) is 4. The first kappa shape index (κ1) is 19.1. The molecule has 3 aromatic rings. The summed E-state index contributed by atoms with van der Waals surface area (Å²) in [7, 11) is 2.13. The summed E-state index contributed by atoms with van der Waals surface area (Å²) in [6.07, 6.45) is 2.07. The minimum atomic E-state index is -0.130. The molecule has 2 aromatic heterocycles. The van der Waals surface area contributed by atoms with Crippen LogP contribution in [0.15, 0.2) is 36.4 Å². The predicted molar refractivity (Wildman–Crippen MR) is 116 cm³/mol. The lowest BCUT2D eigenvalue weighted by molar-refractivity contribution is -0.114. The van der Waals surface area contributed by atoms with E-state index in [9.17, 15) is 4.79 Å². The number of amides is 1. The summed E-state index contributed by atoms with van der Waals surface area (Å²) < 4.78 is 0. The van der Waals surface area contributed by atoms with Crippen LogP contribution in [0.4, 0.5) is 17.5 Å². The largest absolute Gasteiger partial charge is 0.383 e. The number of fused-ring (bicyclic) bond motifs is 1. The van der Waals surface area contributed by atoms with Crippen LogP contribution in [-0.2, 0) is 4.79 Å². The highest BCUT2D eigenvalue weighted by Crippen LogP contribution is 2.29. The molecule has 1 aromatic carbocycles. The summed E-state index contributed by atoms with van der Waals surface area (Å²) in [6, 6.07) is 11.6. The molecule has 0 saturated carbocycles. The van der Waals surface area contributed by atoms with Gasteiger partial charge in [-0.3, -0.25) is 4.79 Å². The Morgan fingerprint density at radius 1 is 1.10 bits per heavy atom. The smallest absolute Gasteiger partial charge is 0.226 e. The number of pyridine rings is 1. The molecule has 1 saturated heterocycles. The first-order valence-corrected chi connectivity index (χ1v) is 9.76. The molecule has 3 heterocycles. The third kappa shape index (κ3) is 4.27. The lowest BCUT2D eigenvalue weighted by Crippen LogP contribution is -2.37. The maximum absolute atomic E-state index is 11.5. The number of benzene rings is 1. The quantitative estimate of drug-likeness (QED) is 0.627. The Balaban J connectivity index is 1.67. The number of carbonyl (C=O) groups excluding carboxylic acids is 1. The molecule has 1 aliphatic heterocycles. The summed E-state index contributed by atoms with van der Waals surface area (Å²) in [5.41, 5.74) is 8.95. The van der Waals surface area contributed by atoms with Crippen LogP contribution in [0.1, 0.15) is 19.8 Å². The third-order valence-electron chi connectivity index (χ3n) is 5.15. The van der Waals surface area contributed by atoms with Crippen LogP contribution in [0, 0.1) is 0 Å². The minimum absolute atomic E-state index is 0.130. The van der Waals surface area contributed by atoms with Crippen LogP contribution in [-0.4, -0.2) is 51.9 Å². The lowest BCUT2D eigenvalue weighted by Gasteiger charge is -2.29. The van der Waals surface area contributed by atoms with Gasteiger partial charge in [0, 0.05) is 18.5 Å². The fourth-order valence-electron chi connectivity index (χ4n) is 3.59. The number of aromatic nitrogens is 3. The molecule has 29 heavy (non-hydrogen) atoms. The average molecular weight is 391 g/mol. The standard InChI is InChI=1S/C21H25N7O/c1-13(29)23-17-6-4-3-5-15(17)18-8-7-16-19(22)26-21(27-20(16)25-18)24-14-9-11-28(2)12-10-14/h3-8,14H,9-12H2,1-2H3,(H,23,29)(H3,22,24,25,26,27). The summed E-state index contributed by atoms with van der Waals surface area (Å²) >= 11 is 0. The Bertz CT molecular complexity index is 1040. The highest BCUT2D eigenvalue weighted by Gasteiger charge is 2.18. The van der Waals surface area contributed by atoms with Crippen LogP contribution in [0.5, 0.6) is 0 Å². The first-order valence-electron chi connectivity index (χ1n) is 9.76. The summed E-state index contributed by atoms with van der Waals surface area (Å²) in [6.45, 7) is 3.58. The Morgan fingerprint density at radius 2 is 1.86 bits per heavy atom. The van der Waals surface area contributed by atoms with Gasteiger partial charge < -0.3 is 21.3 Å². The van der Waals surface area contributed by atoms with Crippen molar-refractivity contribution in [2.75, 3.05) is 36.5 Å². The van der Waals surface area contributed by atoms with Gasteiger partial charge in [-0.05, 0) is 51.2 Å². The van der Waals surface area contributed by atoms with Crippen LogP contribution >= 0.6 is 0 Å². The van der Waals surface area contributed by atoms with E-state index < -0.39 is 0 Å². The second-order valence-electron chi connectivity index (χ2n) is 7.45. The highest BCUT2D eigenvalue weighted by molar-refractivity contribution is 5.95. The van der Waals surface area contributed by atoms with Crippen molar-refractivity contribution in [1.82, 2.24) is 19.9 Å². The average Bonchev–Trinajstić information content (AvgIpc) is 2.69. The molecule has 4 N–H and O–H groups in total. The first-order chi connectivity index (χ1) is 14.0. The van der Waals surface area contributed by atoms with E-state index in [0.29, 0.717) is 40.2 Å². The van der Waals surface area contributed by atoms with Crippen molar-refractivity contribution in [2.45, 2.75) is 25.8 Å². The predicted octanol–water partition coefficient (Wildman–Crippen LogP) is 2.74. The SMILES string of the molecule is CC(=O)Nc1ccccc1-c1ccc2c(N)nc(NC3CCN(C)CC3)nc2n1. The second kappa shape index (κ2) is 8.00. The maximum Gasteiger partial charge on any atom is 0.226 e. The van der Waals surface area contributed by atoms with Crippen LogP contribution in [0.25, 0.3) is 22.3 Å². The monoisotopic (exact) mass is 391 g/mol. The molecule has 0 atom stereocenters. The number of likely N-dealkylation sites (tertiary alicyclic amines) is 1. The molecule has 0 aliphatic carbocycles. The number of anilines is 3. The van der Waals surface area contributed by atoms with Crippen LogP contribution in [0.2, 0.25) is 0 Å². The Hall–Kier alpha value is -3.26. The van der Waals surface area contributed by atoms with E-state index >= 15 is 0 Å². The number of rotatable bonds is 4. The highest BCUT2D eigenvalue weighted by atomic mass is 16.1. The van der Waals surface area contributed by atoms with Gasteiger partial charge in [-0.1, -0.05) is 18.2 Å². The molecule has 8 nitrogen and oxygen atoms in total. The van der Waals surface area contributed by atoms with Crippen LogP contribution < -0.4 is 16.4 Å². The van der Waals surface area contributed by atoms with Crippen molar-refractivity contribution in [2.24, 2.45) is 0 Å². The molecule has 0 unspecified atom stereocenters. The van der Waals surface area contributed by atoms with E-state index in [1.54, 1.807) is 0 Å². The fourth-order valence-corrected chi connectivity index (χ4v) is 3.59. The van der Waals surface area contributed by atoms with E-state index in [4.69, 9.17) is 10.7 Å². The number of nitrogens with two attached hydrogens (primary N) is 1. The van der Waals surface area contributed by atoms with Gasteiger partial charge in [0.25, 0.3) is 0 Å². The molecule has 4 rings (SSSR count). The van der Waals surface area contributed by atoms with Crippen molar-refractivity contribution < 1.29 is 4.79 Å². The number of hydrogen-bond donors (Lipinski definition) is 3. The molecule has 1 fully saturated rings. The van der Waals surface area contributed by atoms with Gasteiger partial charge in [-0.15, -0.1) is 0 Å². The summed E-state index contributed by atoms with van der Waals surface area (Å²) in [5.74, 6) is 0.776. The Labute approximate surface area is 169 Å². The van der Waals surface area contributed by atoms with E-state index in [-0.39, 0.29) is 5.91 Å². The number of hydrogen-bond acceptors (Lipinski definition) is 7. The summed E-state index contributed by atoms with van der Waals surface area (Å²) in [4.78, 5) is 27.6. The zero-order valence-corrected chi connectivity index (χ0v) is 16.6. The molecule has 0 radical (unpaired) electrons. The van der Waals surface area contributed by atoms with E-state index in [1.165, 1.54) is 6.92 Å². The van der Waals surface area contributed by atoms with Crippen LogP contribution in [0.3, 0.4) is 0 Å². The molecule has 1 amide bonds. The molecule has 0 spiro atoms. The van der Waals surface area contributed by atoms with Gasteiger partial charge in [-0.25, -0.2) is 4.98 Å². The van der Waals surface area contributed by atoms with Gasteiger partial charge >= 0.3 is 0 Å². The zero-order valence-electron chi connectivity index (χ0n) is 16.6. The number of piperidine rings is 1. The van der Waals surface area contributed by atoms with E-state index in [2.05, 4.69) is 32.5 Å². The third-order valence-corrected chi connectivity index (χ3v) is 5.15. The number of nitrogens with one attached hydrogen (secondary N) is 2. The molecule has 150 valence electrons. The topological polar surface area (TPSA) is 109 Å². The fraction of sp³-hybridized carbons (Fsp3) is 0.333. The van der Waals surface area contributed by atoms with Crippen molar-refractivity contribution >= 4 is 34.4 Å². The molecule has 0 bridgehead atoms. The summed E-state index contributed by atoms with van der Waals surface area (Å²) in [5, 5.41) is 6.96.